The van der Waals surface area contributed by atoms with Crippen molar-refractivity contribution in [1.29, 1.82) is 0 Å². The normalized spacial score (nSPS) is 28.7. The average molecular weight is 408 g/mol. The standard InChI is InChI=1S/C21H27F3N4O/c1-13-7-8-27(12-29)11-17(13)19-9-14(2)25-20-10-18(26-28(19)20)15-3-5-16(6-4-15)21(22,23)24/h9-10,12-13,15-17H,3-8,11H2,1-2H3/t13-,15?,16?,17?/m1/s1. The zero-order chi connectivity index (χ0) is 20.8. The van der Waals surface area contributed by atoms with Crippen LogP contribution in [0.1, 0.15) is 67.9 Å². The highest BCUT2D eigenvalue weighted by atomic mass is 19.4. The SMILES string of the molecule is Cc1cc(C2CN(C=O)CC[C@H]2C)n2nc(C3CCC(C(F)(F)F)CC3)cc2n1. The van der Waals surface area contributed by atoms with Gasteiger partial charge in [0.1, 0.15) is 0 Å². The first-order chi connectivity index (χ1) is 13.8. The van der Waals surface area contributed by atoms with Gasteiger partial charge in [0, 0.05) is 36.7 Å². The van der Waals surface area contributed by atoms with E-state index in [1.165, 1.54) is 0 Å². The van der Waals surface area contributed by atoms with Gasteiger partial charge in [-0.15, -0.1) is 0 Å². The maximum absolute atomic E-state index is 13.0. The number of carbonyl (C=O) groups excluding carboxylic acids is 1. The fourth-order valence-corrected chi connectivity index (χ4v) is 4.90. The van der Waals surface area contributed by atoms with E-state index in [9.17, 15) is 18.0 Å². The third-order valence-corrected chi connectivity index (χ3v) is 6.73. The van der Waals surface area contributed by atoms with Gasteiger partial charge in [0.15, 0.2) is 5.65 Å². The number of amides is 1. The van der Waals surface area contributed by atoms with Crippen molar-refractivity contribution in [1.82, 2.24) is 19.5 Å². The minimum absolute atomic E-state index is 0.0405. The Morgan fingerprint density at radius 2 is 1.86 bits per heavy atom. The van der Waals surface area contributed by atoms with Crippen molar-refractivity contribution < 1.29 is 18.0 Å². The average Bonchev–Trinajstić information content (AvgIpc) is 3.11. The van der Waals surface area contributed by atoms with E-state index in [-0.39, 0.29) is 24.7 Å². The molecule has 1 aliphatic carbocycles. The molecule has 2 aliphatic rings. The first-order valence-electron chi connectivity index (χ1n) is 10.4. The second kappa shape index (κ2) is 7.61. The van der Waals surface area contributed by atoms with Gasteiger partial charge in [-0.1, -0.05) is 6.92 Å². The number of hydrogen-bond acceptors (Lipinski definition) is 3. The summed E-state index contributed by atoms with van der Waals surface area (Å²) in [6, 6.07) is 3.96. The Bertz CT molecular complexity index is 886. The number of halogens is 3. The number of rotatable bonds is 3. The molecular formula is C21H27F3N4O. The second-order valence-corrected chi connectivity index (χ2v) is 8.72. The summed E-state index contributed by atoms with van der Waals surface area (Å²) in [5.41, 5.74) is 3.49. The molecule has 2 fully saturated rings. The number of likely N-dealkylation sites (tertiary alicyclic amines) is 1. The van der Waals surface area contributed by atoms with Gasteiger partial charge >= 0.3 is 6.18 Å². The largest absolute Gasteiger partial charge is 0.391 e. The van der Waals surface area contributed by atoms with Crippen molar-refractivity contribution in [3.8, 4) is 0 Å². The van der Waals surface area contributed by atoms with Crippen molar-refractivity contribution in [2.75, 3.05) is 13.1 Å². The predicted octanol–water partition coefficient (Wildman–Crippen LogP) is 4.46. The van der Waals surface area contributed by atoms with E-state index >= 15 is 0 Å². The summed E-state index contributed by atoms with van der Waals surface area (Å²) in [6.45, 7) is 5.54. The molecule has 2 aromatic rings. The first kappa shape index (κ1) is 20.2. The monoisotopic (exact) mass is 408 g/mol. The van der Waals surface area contributed by atoms with Crippen molar-refractivity contribution in [3.63, 3.8) is 0 Å². The highest BCUT2D eigenvalue weighted by Gasteiger charge is 2.42. The van der Waals surface area contributed by atoms with Crippen molar-refractivity contribution in [2.24, 2.45) is 11.8 Å². The van der Waals surface area contributed by atoms with Gasteiger partial charge in [-0.2, -0.15) is 18.3 Å². The fraction of sp³-hybridized carbons (Fsp3) is 0.667. The van der Waals surface area contributed by atoms with Crippen molar-refractivity contribution in [3.05, 3.63) is 29.2 Å². The highest BCUT2D eigenvalue weighted by Crippen LogP contribution is 2.43. The molecule has 1 saturated carbocycles. The number of nitrogens with zero attached hydrogens (tertiary/aromatic N) is 4. The Morgan fingerprint density at radius 1 is 1.14 bits per heavy atom. The number of hydrogen-bond donors (Lipinski definition) is 0. The van der Waals surface area contributed by atoms with Gasteiger partial charge in [0.05, 0.1) is 17.3 Å². The molecule has 0 radical (unpaired) electrons. The van der Waals surface area contributed by atoms with E-state index in [1.54, 1.807) is 4.90 Å². The third-order valence-electron chi connectivity index (χ3n) is 6.73. The number of aromatic nitrogens is 3. The molecule has 1 aliphatic heterocycles. The van der Waals surface area contributed by atoms with E-state index in [4.69, 9.17) is 5.10 Å². The summed E-state index contributed by atoms with van der Waals surface area (Å²) >= 11 is 0. The van der Waals surface area contributed by atoms with Crippen LogP contribution >= 0.6 is 0 Å². The Labute approximate surface area is 168 Å². The zero-order valence-electron chi connectivity index (χ0n) is 16.8. The summed E-state index contributed by atoms with van der Waals surface area (Å²) in [4.78, 5) is 17.7. The van der Waals surface area contributed by atoms with Crippen molar-refractivity contribution in [2.45, 2.75) is 64.0 Å². The van der Waals surface area contributed by atoms with Crippen LogP contribution < -0.4 is 0 Å². The smallest absolute Gasteiger partial charge is 0.345 e. The molecular weight excluding hydrogens is 381 g/mol. The molecule has 0 N–H and O–H groups in total. The van der Waals surface area contributed by atoms with Crippen LogP contribution in [0, 0.1) is 18.8 Å². The Kier molecular flexibility index (Phi) is 5.29. The molecule has 1 amide bonds. The lowest BCUT2D eigenvalue weighted by Gasteiger charge is -2.35. The molecule has 158 valence electrons. The summed E-state index contributed by atoms with van der Waals surface area (Å²) in [5.74, 6) is -0.583. The van der Waals surface area contributed by atoms with Crippen LogP contribution in [0.5, 0.6) is 0 Å². The van der Waals surface area contributed by atoms with E-state index in [2.05, 4.69) is 11.9 Å². The van der Waals surface area contributed by atoms with Crippen molar-refractivity contribution >= 4 is 12.1 Å². The molecule has 1 unspecified atom stereocenters. The molecule has 29 heavy (non-hydrogen) atoms. The minimum atomic E-state index is -4.10. The van der Waals surface area contributed by atoms with Crippen LogP contribution in [-0.4, -0.2) is 45.2 Å². The molecule has 0 aromatic carbocycles. The highest BCUT2D eigenvalue weighted by molar-refractivity contribution is 5.48. The first-order valence-corrected chi connectivity index (χ1v) is 10.4. The number of alkyl halides is 3. The van der Waals surface area contributed by atoms with Crippen LogP contribution in [0.3, 0.4) is 0 Å². The lowest BCUT2D eigenvalue weighted by molar-refractivity contribution is -0.182. The van der Waals surface area contributed by atoms with Gasteiger partial charge in [0.2, 0.25) is 6.41 Å². The summed E-state index contributed by atoms with van der Waals surface area (Å²) in [6.07, 6.45) is -0.941. The zero-order valence-corrected chi connectivity index (χ0v) is 16.8. The van der Waals surface area contributed by atoms with Crippen LogP contribution in [-0.2, 0) is 4.79 Å². The predicted molar refractivity (Wildman–Crippen MR) is 103 cm³/mol. The van der Waals surface area contributed by atoms with Gasteiger partial charge in [-0.05, 0) is 51.0 Å². The van der Waals surface area contributed by atoms with Crippen LogP contribution in [0.4, 0.5) is 13.2 Å². The van der Waals surface area contributed by atoms with Crippen LogP contribution in [0.15, 0.2) is 12.1 Å². The quantitative estimate of drug-likeness (QED) is 0.705. The lowest BCUT2D eigenvalue weighted by Crippen LogP contribution is -2.38. The number of fused-ring (bicyclic) bond motifs is 1. The molecule has 2 aromatic heterocycles. The Balaban J connectivity index is 1.63. The molecule has 5 nitrogen and oxygen atoms in total. The number of carbonyl (C=O) groups is 1. The molecule has 4 rings (SSSR count). The van der Waals surface area contributed by atoms with E-state index in [0.717, 1.165) is 42.1 Å². The Hall–Kier alpha value is -2.12. The topological polar surface area (TPSA) is 50.5 Å². The lowest BCUT2D eigenvalue weighted by atomic mass is 9.80. The summed E-state index contributed by atoms with van der Waals surface area (Å²) < 4.78 is 40.8. The number of aryl methyl sites for hydroxylation is 1. The third kappa shape index (κ3) is 3.98. The molecule has 3 heterocycles. The van der Waals surface area contributed by atoms with Gasteiger partial charge in [-0.25, -0.2) is 9.50 Å². The Morgan fingerprint density at radius 3 is 2.52 bits per heavy atom. The van der Waals surface area contributed by atoms with Gasteiger partial charge in [0.25, 0.3) is 0 Å². The van der Waals surface area contributed by atoms with Gasteiger partial charge in [-0.3, -0.25) is 4.79 Å². The summed E-state index contributed by atoms with van der Waals surface area (Å²) in [7, 11) is 0. The summed E-state index contributed by atoms with van der Waals surface area (Å²) in [5, 5.41) is 4.79. The van der Waals surface area contributed by atoms with Crippen LogP contribution in [0.25, 0.3) is 5.65 Å². The molecule has 2 atom stereocenters. The van der Waals surface area contributed by atoms with E-state index in [1.807, 2.05) is 23.6 Å². The number of piperidine rings is 1. The molecule has 0 bridgehead atoms. The molecule has 1 saturated heterocycles. The minimum Gasteiger partial charge on any atom is -0.345 e. The maximum atomic E-state index is 13.0. The molecule has 8 heteroatoms. The van der Waals surface area contributed by atoms with E-state index in [0.29, 0.717) is 25.3 Å². The van der Waals surface area contributed by atoms with Crippen LogP contribution in [0.2, 0.25) is 0 Å². The van der Waals surface area contributed by atoms with Gasteiger partial charge < -0.3 is 4.90 Å². The molecule has 0 spiro atoms. The maximum Gasteiger partial charge on any atom is 0.391 e. The second-order valence-electron chi connectivity index (χ2n) is 8.72. The fourth-order valence-electron chi connectivity index (χ4n) is 4.90. The van der Waals surface area contributed by atoms with E-state index < -0.39 is 12.1 Å².